The molecule has 9 heavy (non-hydrogen) atoms. The Morgan fingerprint density at radius 2 is 2.11 bits per heavy atom. The van der Waals surface area contributed by atoms with Gasteiger partial charge < -0.3 is 0 Å². The molecule has 0 bridgehead atoms. The Morgan fingerprint density at radius 3 is 2.89 bits per heavy atom. The molecule has 1 saturated heterocycles. The van der Waals surface area contributed by atoms with Crippen LogP contribution in [0.15, 0.2) is 0 Å². The number of nitrogens with zero attached hydrogens (tertiary/aromatic N) is 1. The fourth-order valence-electron chi connectivity index (χ4n) is 1.53. The first-order chi connectivity index (χ1) is 4.29. The third-order valence-electron chi connectivity index (χ3n) is 2.04. The second-order valence-electron chi connectivity index (χ2n) is 3.24. The maximum Gasteiger partial charge on any atom is 0.0220 e. The van der Waals surface area contributed by atoms with Crippen LogP contribution in [0.4, 0.5) is 0 Å². The minimum atomic E-state index is 0.627. The molecular weight excluding hydrogens is 110 g/mol. The molecule has 0 aliphatic carbocycles. The standard InChI is InChI=1S/C8H16N/c1-7-4-3-5-9-8(2)6-7/h7-8H,3-6H2,1-2H3. The molecule has 0 spiro atoms. The van der Waals surface area contributed by atoms with E-state index in [1.54, 1.807) is 0 Å². The van der Waals surface area contributed by atoms with Gasteiger partial charge >= 0.3 is 0 Å². The fourth-order valence-corrected chi connectivity index (χ4v) is 1.53. The average molecular weight is 126 g/mol. The Bertz CT molecular complexity index is 70.6. The van der Waals surface area contributed by atoms with Crippen LogP contribution in [0.2, 0.25) is 0 Å². The van der Waals surface area contributed by atoms with E-state index in [4.69, 9.17) is 0 Å². The first kappa shape index (κ1) is 7.07. The molecule has 53 valence electrons. The van der Waals surface area contributed by atoms with Crippen LogP contribution in [-0.2, 0) is 0 Å². The lowest BCUT2D eigenvalue weighted by atomic mass is 10.0. The van der Waals surface area contributed by atoms with E-state index in [2.05, 4.69) is 19.2 Å². The first-order valence-corrected chi connectivity index (χ1v) is 3.95. The zero-order chi connectivity index (χ0) is 6.69. The van der Waals surface area contributed by atoms with Crippen molar-refractivity contribution in [2.24, 2.45) is 5.92 Å². The van der Waals surface area contributed by atoms with Crippen molar-refractivity contribution in [3.05, 3.63) is 0 Å². The van der Waals surface area contributed by atoms with Gasteiger partial charge in [0.1, 0.15) is 0 Å². The van der Waals surface area contributed by atoms with E-state index < -0.39 is 0 Å². The van der Waals surface area contributed by atoms with Crippen LogP contribution in [0.1, 0.15) is 33.1 Å². The van der Waals surface area contributed by atoms with Gasteiger partial charge in [-0.05, 0) is 32.1 Å². The highest BCUT2D eigenvalue weighted by Crippen LogP contribution is 2.16. The van der Waals surface area contributed by atoms with Gasteiger partial charge in [-0.1, -0.05) is 6.92 Å². The summed E-state index contributed by atoms with van der Waals surface area (Å²) < 4.78 is 0. The van der Waals surface area contributed by atoms with Crippen molar-refractivity contribution < 1.29 is 0 Å². The second kappa shape index (κ2) is 3.21. The van der Waals surface area contributed by atoms with Gasteiger partial charge in [0.25, 0.3) is 0 Å². The predicted octanol–water partition coefficient (Wildman–Crippen LogP) is 1.80. The minimum Gasteiger partial charge on any atom is -0.239 e. The molecule has 0 N–H and O–H groups in total. The van der Waals surface area contributed by atoms with E-state index in [0.29, 0.717) is 6.04 Å². The summed E-state index contributed by atoms with van der Waals surface area (Å²) >= 11 is 0. The van der Waals surface area contributed by atoms with Crippen LogP contribution in [-0.4, -0.2) is 12.6 Å². The predicted molar refractivity (Wildman–Crippen MR) is 39.5 cm³/mol. The van der Waals surface area contributed by atoms with Crippen molar-refractivity contribution in [2.75, 3.05) is 6.54 Å². The normalized spacial score (nSPS) is 38.0. The maximum atomic E-state index is 4.47. The molecule has 0 aromatic heterocycles. The van der Waals surface area contributed by atoms with E-state index in [-0.39, 0.29) is 0 Å². The van der Waals surface area contributed by atoms with Crippen molar-refractivity contribution >= 4 is 0 Å². The summed E-state index contributed by atoms with van der Waals surface area (Å²) in [7, 11) is 0. The van der Waals surface area contributed by atoms with Crippen LogP contribution in [0.3, 0.4) is 0 Å². The lowest BCUT2D eigenvalue weighted by Gasteiger charge is -2.09. The molecule has 1 heteroatoms. The molecule has 0 amide bonds. The summed E-state index contributed by atoms with van der Waals surface area (Å²) in [5, 5.41) is 4.47. The van der Waals surface area contributed by atoms with Gasteiger partial charge in [0.15, 0.2) is 0 Å². The van der Waals surface area contributed by atoms with Gasteiger partial charge in [-0.2, -0.15) is 0 Å². The summed E-state index contributed by atoms with van der Waals surface area (Å²) in [6.07, 6.45) is 4.00. The zero-order valence-corrected chi connectivity index (χ0v) is 6.43. The lowest BCUT2D eigenvalue weighted by Crippen LogP contribution is -2.17. The zero-order valence-electron chi connectivity index (χ0n) is 6.43. The van der Waals surface area contributed by atoms with Crippen molar-refractivity contribution in [1.29, 1.82) is 0 Å². The first-order valence-electron chi connectivity index (χ1n) is 3.95. The molecule has 2 unspecified atom stereocenters. The van der Waals surface area contributed by atoms with Gasteiger partial charge in [-0.15, -0.1) is 0 Å². The summed E-state index contributed by atoms with van der Waals surface area (Å²) in [4.78, 5) is 0. The highest BCUT2D eigenvalue weighted by atomic mass is 14.9. The maximum absolute atomic E-state index is 4.47. The van der Waals surface area contributed by atoms with Crippen LogP contribution < -0.4 is 5.32 Å². The van der Waals surface area contributed by atoms with Crippen LogP contribution >= 0.6 is 0 Å². The van der Waals surface area contributed by atoms with Gasteiger partial charge in [0, 0.05) is 12.6 Å². The number of hydrogen-bond acceptors (Lipinski definition) is 0. The Balaban J connectivity index is 2.29. The molecule has 1 nitrogen and oxygen atoms in total. The van der Waals surface area contributed by atoms with E-state index >= 15 is 0 Å². The lowest BCUT2D eigenvalue weighted by molar-refractivity contribution is 0.457. The van der Waals surface area contributed by atoms with Crippen LogP contribution in [0, 0.1) is 5.92 Å². The summed E-state index contributed by atoms with van der Waals surface area (Å²) in [5.41, 5.74) is 0. The topological polar surface area (TPSA) is 14.1 Å². The Morgan fingerprint density at radius 1 is 1.33 bits per heavy atom. The van der Waals surface area contributed by atoms with Gasteiger partial charge in [-0.3, -0.25) is 0 Å². The van der Waals surface area contributed by atoms with E-state index in [1.807, 2.05) is 0 Å². The quantitative estimate of drug-likeness (QED) is 0.470. The molecule has 1 radical (unpaired) electrons. The molecule has 1 aliphatic heterocycles. The minimum absolute atomic E-state index is 0.627. The number of hydrogen-bond donors (Lipinski definition) is 0. The largest absolute Gasteiger partial charge is 0.239 e. The summed E-state index contributed by atoms with van der Waals surface area (Å²) in [5.74, 6) is 0.909. The second-order valence-corrected chi connectivity index (χ2v) is 3.24. The molecule has 2 atom stereocenters. The molecule has 0 aromatic carbocycles. The third kappa shape index (κ3) is 2.35. The molecule has 0 aromatic rings. The SMILES string of the molecule is CC1CCC[N]C(C)C1. The van der Waals surface area contributed by atoms with Crippen molar-refractivity contribution in [1.82, 2.24) is 5.32 Å². The third-order valence-corrected chi connectivity index (χ3v) is 2.04. The summed E-state index contributed by atoms with van der Waals surface area (Å²) in [6.45, 7) is 5.66. The van der Waals surface area contributed by atoms with E-state index in [0.717, 1.165) is 12.5 Å². The van der Waals surface area contributed by atoms with Crippen molar-refractivity contribution in [3.8, 4) is 0 Å². The molecule has 1 heterocycles. The van der Waals surface area contributed by atoms with E-state index in [9.17, 15) is 0 Å². The van der Waals surface area contributed by atoms with Gasteiger partial charge in [0.05, 0.1) is 0 Å². The average Bonchev–Trinajstić information content (AvgIpc) is 1.93. The Hall–Kier alpha value is -0.0400. The van der Waals surface area contributed by atoms with Crippen molar-refractivity contribution in [2.45, 2.75) is 39.2 Å². The highest BCUT2D eigenvalue weighted by molar-refractivity contribution is 4.69. The van der Waals surface area contributed by atoms with Crippen LogP contribution in [0.5, 0.6) is 0 Å². The van der Waals surface area contributed by atoms with Crippen molar-refractivity contribution in [3.63, 3.8) is 0 Å². The molecule has 1 aliphatic rings. The monoisotopic (exact) mass is 126 g/mol. The fraction of sp³-hybridized carbons (Fsp3) is 1.00. The highest BCUT2D eigenvalue weighted by Gasteiger charge is 2.12. The molecule has 0 saturated carbocycles. The van der Waals surface area contributed by atoms with Crippen LogP contribution in [0.25, 0.3) is 0 Å². The van der Waals surface area contributed by atoms with E-state index in [1.165, 1.54) is 19.3 Å². The Kier molecular flexibility index (Phi) is 2.52. The molecular formula is C8H16N. The number of rotatable bonds is 0. The van der Waals surface area contributed by atoms with Gasteiger partial charge in [-0.25, -0.2) is 5.32 Å². The molecule has 1 rings (SSSR count). The summed E-state index contributed by atoms with van der Waals surface area (Å²) in [6, 6.07) is 0.627. The Labute approximate surface area is 57.8 Å². The molecule has 1 fully saturated rings. The van der Waals surface area contributed by atoms with Gasteiger partial charge in [0.2, 0.25) is 0 Å². The smallest absolute Gasteiger partial charge is 0.0220 e.